The minimum atomic E-state index is 0.410. The second-order valence-electron chi connectivity index (χ2n) is 5.92. The van der Waals surface area contributed by atoms with Crippen LogP contribution in [0.3, 0.4) is 0 Å². The molecule has 1 atom stereocenters. The zero-order valence-corrected chi connectivity index (χ0v) is 12.5. The molecule has 0 saturated carbocycles. The van der Waals surface area contributed by atoms with Crippen LogP contribution in [0, 0.1) is 20.8 Å². The second-order valence-corrected chi connectivity index (χ2v) is 5.92. The molecule has 20 heavy (non-hydrogen) atoms. The summed E-state index contributed by atoms with van der Waals surface area (Å²) in [5.41, 5.74) is 5.22. The summed E-state index contributed by atoms with van der Waals surface area (Å²) in [6.07, 6.45) is 2.42. The fourth-order valence-corrected chi connectivity index (χ4v) is 3.14. The molecule has 0 spiro atoms. The van der Waals surface area contributed by atoms with Crippen molar-refractivity contribution < 1.29 is 4.52 Å². The van der Waals surface area contributed by atoms with E-state index in [1.165, 1.54) is 29.5 Å². The zero-order chi connectivity index (χ0) is 14.1. The second kappa shape index (κ2) is 5.41. The number of likely N-dealkylation sites (tertiary alicyclic amines) is 1. The molecule has 1 aromatic heterocycles. The Morgan fingerprint density at radius 3 is 2.80 bits per heavy atom. The summed E-state index contributed by atoms with van der Waals surface area (Å²) in [4.78, 5) is 2.52. The number of hydrogen-bond acceptors (Lipinski definition) is 3. The highest BCUT2D eigenvalue weighted by molar-refractivity contribution is 5.30. The molecule has 1 aliphatic rings. The molecule has 0 amide bonds. The molecule has 1 saturated heterocycles. The first kappa shape index (κ1) is 13.4. The van der Waals surface area contributed by atoms with Gasteiger partial charge >= 0.3 is 0 Å². The normalized spacial score (nSPS) is 19.6. The number of nitrogens with zero attached hydrogens (tertiary/aromatic N) is 2. The van der Waals surface area contributed by atoms with Gasteiger partial charge in [-0.25, -0.2) is 0 Å². The van der Waals surface area contributed by atoms with Gasteiger partial charge in [0.05, 0.1) is 6.04 Å². The van der Waals surface area contributed by atoms with Crippen LogP contribution < -0.4 is 0 Å². The van der Waals surface area contributed by atoms with E-state index in [1.54, 1.807) is 0 Å². The van der Waals surface area contributed by atoms with Crippen molar-refractivity contribution in [3.63, 3.8) is 0 Å². The van der Waals surface area contributed by atoms with E-state index in [0.29, 0.717) is 6.04 Å². The van der Waals surface area contributed by atoms with Crippen molar-refractivity contribution in [1.29, 1.82) is 0 Å². The molecule has 1 aromatic carbocycles. The molecule has 2 aromatic rings. The summed E-state index contributed by atoms with van der Waals surface area (Å²) in [6, 6.07) is 9.21. The Balaban J connectivity index is 1.79. The van der Waals surface area contributed by atoms with Gasteiger partial charge in [0, 0.05) is 12.6 Å². The lowest BCUT2D eigenvalue weighted by atomic mass is 10.0. The van der Waals surface area contributed by atoms with E-state index in [0.717, 1.165) is 24.5 Å². The van der Waals surface area contributed by atoms with Gasteiger partial charge < -0.3 is 4.52 Å². The molecular formula is C17H22N2O. The van der Waals surface area contributed by atoms with E-state index in [9.17, 15) is 0 Å². The summed E-state index contributed by atoms with van der Waals surface area (Å²) in [5, 5.41) is 4.21. The lowest BCUT2D eigenvalue weighted by Crippen LogP contribution is -2.23. The predicted molar refractivity (Wildman–Crippen MR) is 79.5 cm³/mol. The van der Waals surface area contributed by atoms with Gasteiger partial charge in [0.25, 0.3) is 0 Å². The molecule has 0 N–H and O–H groups in total. The van der Waals surface area contributed by atoms with Crippen LogP contribution in [0.15, 0.2) is 28.8 Å². The van der Waals surface area contributed by atoms with Crippen LogP contribution >= 0.6 is 0 Å². The first-order valence-corrected chi connectivity index (χ1v) is 7.37. The monoisotopic (exact) mass is 270 g/mol. The molecule has 3 rings (SSSR count). The van der Waals surface area contributed by atoms with E-state index < -0.39 is 0 Å². The molecule has 0 aliphatic carbocycles. The standard InChI is InChI=1S/C17H22N2O/c1-12-6-7-15(13(2)9-12)11-19-8-4-5-17(19)16-10-14(3)20-18-16/h6-7,9-10,17H,4-5,8,11H2,1-3H3/t17-/m0/s1. The third-order valence-electron chi connectivity index (χ3n) is 4.22. The van der Waals surface area contributed by atoms with Gasteiger partial charge in [-0.15, -0.1) is 0 Å². The Morgan fingerprint density at radius 1 is 1.25 bits per heavy atom. The van der Waals surface area contributed by atoms with Crippen molar-refractivity contribution in [3.8, 4) is 0 Å². The number of hydrogen-bond donors (Lipinski definition) is 0. The summed E-state index contributed by atoms with van der Waals surface area (Å²) < 4.78 is 5.24. The van der Waals surface area contributed by atoms with Crippen LogP contribution in [-0.2, 0) is 6.54 Å². The summed E-state index contributed by atoms with van der Waals surface area (Å²) in [5.74, 6) is 0.901. The van der Waals surface area contributed by atoms with Crippen LogP contribution in [0.25, 0.3) is 0 Å². The van der Waals surface area contributed by atoms with Gasteiger partial charge in [-0.2, -0.15) is 0 Å². The lowest BCUT2D eigenvalue weighted by Gasteiger charge is -2.23. The number of aromatic nitrogens is 1. The number of benzene rings is 1. The molecule has 0 unspecified atom stereocenters. The largest absolute Gasteiger partial charge is 0.361 e. The maximum Gasteiger partial charge on any atom is 0.133 e. The SMILES string of the molecule is Cc1ccc(CN2CCC[C@H]2c2cc(C)on2)c(C)c1. The highest BCUT2D eigenvalue weighted by atomic mass is 16.5. The Kier molecular flexibility index (Phi) is 3.62. The average Bonchev–Trinajstić information content (AvgIpc) is 3.01. The van der Waals surface area contributed by atoms with E-state index in [4.69, 9.17) is 4.52 Å². The molecule has 3 heteroatoms. The van der Waals surface area contributed by atoms with Crippen LogP contribution in [-0.4, -0.2) is 16.6 Å². The Hall–Kier alpha value is -1.61. The third kappa shape index (κ3) is 2.63. The molecule has 1 aliphatic heterocycles. The lowest BCUT2D eigenvalue weighted by molar-refractivity contribution is 0.236. The minimum absolute atomic E-state index is 0.410. The van der Waals surface area contributed by atoms with Gasteiger partial charge in [0.2, 0.25) is 0 Å². The van der Waals surface area contributed by atoms with Gasteiger partial charge in [0.15, 0.2) is 0 Å². The Bertz CT molecular complexity index is 603. The van der Waals surface area contributed by atoms with Crippen LogP contribution in [0.5, 0.6) is 0 Å². The van der Waals surface area contributed by atoms with Gasteiger partial charge in [-0.1, -0.05) is 28.9 Å². The smallest absolute Gasteiger partial charge is 0.133 e. The molecule has 0 bridgehead atoms. The van der Waals surface area contributed by atoms with E-state index in [2.05, 4.69) is 48.2 Å². The Morgan fingerprint density at radius 2 is 2.10 bits per heavy atom. The summed E-state index contributed by atoms with van der Waals surface area (Å²) >= 11 is 0. The maximum atomic E-state index is 5.24. The number of aryl methyl sites for hydroxylation is 3. The first-order valence-electron chi connectivity index (χ1n) is 7.37. The molecule has 2 heterocycles. The highest BCUT2D eigenvalue weighted by Gasteiger charge is 2.28. The van der Waals surface area contributed by atoms with Crippen molar-refractivity contribution in [1.82, 2.24) is 10.1 Å². The maximum absolute atomic E-state index is 5.24. The molecule has 0 radical (unpaired) electrons. The van der Waals surface area contributed by atoms with Crippen molar-refractivity contribution in [2.75, 3.05) is 6.54 Å². The molecule has 3 nitrogen and oxygen atoms in total. The van der Waals surface area contributed by atoms with Crippen LogP contribution in [0.2, 0.25) is 0 Å². The van der Waals surface area contributed by atoms with Crippen LogP contribution in [0.4, 0.5) is 0 Å². The van der Waals surface area contributed by atoms with Gasteiger partial charge in [-0.05, 0) is 51.3 Å². The van der Waals surface area contributed by atoms with Crippen molar-refractivity contribution in [2.24, 2.45) is 0 Å². The molecule has 106 valence electrons. The van der Waals surface area contributed by atoms with E-state index >= 15 is 0 Å². The van der Waals surface area contributed by atoms with Crippen molar-refractivity contribution in [2.45, 2.75) is 46.2 Å². The Labute approximate surface area is 120 Å². The third-order valence-corrected chi connectivity index (χ3v) is 4.22. The van der Waals surface area contributed by atoms with E-state index in [-0.39, 0.29) is 0 Å². The van der Waals surface area contributed by atoms with E-state index in [1.807, 2.05) is 6.92 Å². The predicted octanol–water partition coefficient (Wildman–Crippen LogP) is 3.94. The molecular weight excluding hydrogens is 248 g/mol. The molecule has 1 fully saturated rings. The number of rotatable bonds is 3. The van der Waals surface area contributed by atoms with Crippen LogP contribution in [0.1, 0.15) is 47.0 Å². The highest BCUT2D eigenvalue weighted by Crippen LogP contribution is 2.33. The fourth-order valence-electron chi connectivity index (χ4n) is 3.14. The first-order chi connectivity index (χ1) is 9.63. The van der Waals surface area contributed by atoms with Gasteiger partial charge in [-0.3, -0.25) is 4.90 Å². The quantitative estimate of drug-likeness (QED) is 0.846. The zero-order valence-electron chi connectivity index (χ0n) is 12.5. The summed E-state index contributed by atoms with van der Waals surface area (Å²) in [7, 11) is 0. The van der Waals surface area contributed by atoms with Gasteiger partial charge in [0.1, 0.15) is 11.5 Å². The average molecular weight is 270 g/mol. The van der Waals surface area contributed by atoms with Crippen molar-refractivity contribution in [3.05, 3.63) is 52.4 Å². The minimum Gasteiger partial charge on any atom is -0.361 e. The van der Waals surface area contributed by atoms with Crippen molar-refractivity contribution >= 4 is 0 Å². The topological polar surface area (TPSA) is 29.3 Å². The summed E-state index contributed by atoms with van der Waals surface area (Å²) in [6.45, 7) is 8.45. The fraction of sp³-hybridized carbons (Fsp3) is 0.471.